The molecule has 0 aliphatic carbocycles. The van der Waals surface area contributed by atoms with E-state index in [0.29, 0.717) is 24.7 Å². The molecule has 1 aromatic heterocycles. The number of carbonyl (C=O) groups excluding carboxylic acids is 1. The van der Waals surface area contributed by atoms with E-state index >= 15 is 0 Å². The molecule has 0 saturated carbocycles. The Kier molecular flexibility index (Phi) is 6.76. The van der Waals surface area contributed by atoms with E-state index in [0.717, 1.165) is 61.8 Å². The summed E-state index contributed by atoms with van der Waals surface area (Å²) in [6, 6.07) is 19.4. The van der Waals surface area contributed by atoms with E-state index in [9.17, 15) is 9.59 Å². The Bertz CT molecular complexity index is 1350. The number of halogens is 1. The number of likely N-dealkylation sites (tertiary alicyclic amines) is 1. The number of amides is 2. The zero-order valence-electron chi connectivity index (χ0n) is 20.7. The predicted molar refractivity (Wildman–Crippen MR) is 145 cm³/mol. The van der Waals surface area contributed by atoms with Crippen molar-refractivity contribution in [3.8, 4) is 11.1 Å². The fourth-order valence-corrected chi connectivity index (χ4v) is 6.10. The van der Waals surface area contributed by atoms with Crippen LogP contribution in [-0.2, 0) is 17.8 Å². The quantitative estimate of drug-likeness (QED) is 0.546. The van der Waals surface area contributed by atoms with Gasteiger partial charge in [0, 0.05) is 67.2 Å². The summed E-state index contributed by atoms with van der Waals surface area (Å²) < 4.78 is 7.46. The number of morpholine rings is 1. The summed E-state index contributed by atoms with van der Waals surface area (Å²) in [4.78, 5) is 31.1. The number of carbonyl (C=O) groups is 1. The molecule has 1 N–H and O–H groups in total. The molecule has 8 heteroatoms. The van der Waals surface area contributed by atoms with Gasteiger partial charge in [0.05, 0.1) is 13.2 Å². The molecule has 2 unspecified atom stereocenters. The van der Waals surface area contributed by atoms with Crippen molar-refractivity contribution in [1.29, 1.82) is 0 Å². The average Bonchev–Trinajstić information content (AvgIpc) is 2.91. The van der Waals surface area contributed by atoms with E-state index in [2.05, 4.69) is 28.4 Å². The topological polar surface area (TPSA) is 66.8 Å². The van der Waals surface area contributed by atoms with Crippen LogP contribution in [0.15, 0.2) is 65.5 Å². The van der Waals surface area contributed by atoms with Gasteiger partial charge in [0.1, 0.15) is 0 Å². The standard InChI is InChI=1S/C29H31ClN4O3/c30-23-5-7-24(8-6-23)31-29(36)33-16-20-15-22(19-33)27-10-9-26(28(35)34(27)17-20)25-4-2-1-3-21(25)18-32-11-13-37-14-12-32/h1-10,20,22H,11-19H2,(H,31,36). The molecule has 2 fully saturated rings. The van der Waals surface area contributed by atoms with Gasteiger partial charge in [-0.1, -0.05) is 35.9 Å². The number of piperidine rings is 1. The largest absolute Gasteiger partial charge is 0.379 e. The number of urea groups is 1. The maximum Gasteiger partial charge on any atom is 0.321 e. The highest BCUT2D eigenvalue weighted by atomic mass is 35.5. The van der Waals surface area contributed by atoms with Gasteiger partial charge in [-0.25, -0.2) is 4.79 Å². The van der Waals surface area contributed by atoms with E-state index in [4.69, 9.17) is 16.3 Å². The molecule has 0 spiro atoms. The van der Waals surface area contributed by atoms with Gasteiger partial charge in [0.25, 0.3) is 5.56 Å². The highest BCUT2D eigenvalue weighted by Gasteiger charge is 2.37. The Morgan fingerprint density at radius 3 is 2.54 bits per heavy atom. The number of aromatic nitrogens is 1. The average molecular weight is 519 g/mol. The second-order valence-corrected chi connectivity index (χ2v) is 10.7. The lowest BCUT2D eigenvalue weighted by atomic mass is 9.83. The predicted octanol–water partition coefficient (Wildman–Crippen LogP) is 4.65. The van der Waals surface area contributed by atoms with Crippen LogP contribution >= 0.6 is 11.6 Å². The summed E-state index contributed by atoms with van der Waals surface area (Å²) in [6.07, 6.45) is 0.997. The Labute approximate surface area is 221 Å². The number of nitrogens with one attached hydrogen (secondary N) is 1. The van der Waals surface area contributed by atoms with Gasteiger partial charge < -0.3 is 19.5 Å². The minimum Gasteiger partial charge on any atom is -0.379 e. The maximum absolute atomic E-state index is 13.8. The summed E-state index contributed by atoms with van der Waals surface area (Å²) in [7, 11) is 0. The summed E-state index contributed by atoms with van der Waals surface area (Å²) in [5.74, 6) is 0.396. The molecule has 3 aliphatic heterocycles. The lowest BCUT2D eigenvalue weighted by Gasteiger charge is -2.42. The molecule has 2 atom stereocenters. The number of hydrogen-bond acceptors (Lipinski definition) is 4. The van der Waals surface area contributed by atoms with Crippen LogP contribution in [0.5, 0.6) is 0 Å². The zero-order chi connectivity index (χ0) is 25.4. The van der Waals surface area contributed by atoms with Crippen molar-refractivity contribution in [3.05, 3.63) is 87.3 Å². The van der Waals surface area contributed by atoms with Crippen molar-refractivity contribution >= 4 is 23.3 Å². The van der Waals surface area contributed by atoms with E-state index < -0.39 is 0 Å². The summed E-state index contributed by atoms with van der Waals surface area (Å²) >= 11 is 5.97. The number of hydrogen-bond donors (Lipinski definition) is 1. The minimum absolute atomic E-state index is 0.0701. The third-order valence-electron chi connectivity index (χ3n) is 7.79. The molecule has 2 aromatic carbocycles. The van der Waals surface area contributed by atoms with Gasteiger partial charge in [0.2, 0.25) is 0 Å². The molecule has 3 aliphatic rings. The molecule has 0 radical (unpaired) electrons. The maximum atomic E-state index is 13.8. The normalized spacial score (nSPS) is 21.4. The molecule has 7 nitrogen and oxygen atoms in total. The van der Waals surface area contributed by atoms with Crippen molar-refractivity contribution in [2.24, 2.45) is 5.92 Å². The molecular formula is C29H31ClN4O3. The number of ether oxygens (including phenoxy) is 1. The van der Waals surface area contributed by atoms with Crippen LogP contribution in [0.1, 0.15) is 23.6 Å². The first kappa shape index (κ1) is 24.2. The first-order chi connectivity index (χ1) is 18.0. The molecule has 192 valence electrons. The van der Waals surface area contributed by atoms with Crippen LogP contribution in [0.25, 0.3) is 11.1 Å². The number of anilines is 1. The van der Waals surface area contributed by atoms with Gasteiger partial charge in [-0.15, -0.1) is 0 Å². The van der Waals surface area contributed by atoms with Crippen molar-refractivity contribution < 1.29 is 9.53 Å². The van der Waals surface area contributed by atoms with E-state index in [1.807, 2.05) is 27.7 Å². The van der Waals surface area contributed by atoms with Crippen LogP contribution < -0.4 is 10.9 Å². The van der Waals surface area contributed by atoms with Crippen LogP contribution in [0.3, 0.4) is 0 Å². The summed E-state index contributed by atoms with van der Waals surface area (Å²) in [5.41, 5.74) is 4.75. The fourth-order valence-electron chi connectivity index (χ4n) is 5.97. The molecule has 2 saturated heterocycles. The lowest BCUT2D eigenvalue weighted by molar-refractivity contribution is 0.0342. The third kappa shape index (κ3) is 5.04. The first-order valence-corrected chi connectivity index (χ1v) is 13.4. The number of pyridine rings is 1. The van der Waals surface area contributed by atoms with Gasteiger partial charge in [-0.2, -0.15) is 0 Å². The van der Waals surface area contributed by atoms with Gasteiger partial charge in [0.15, 0.2) is 0 Å². The molecule has 2 amide bonds. The van der Waals surface area contributed by atoms with E-state index in [-0.39, 0.29) is 23.4 Å². The number of benzene rings is 2. The number of nitrogens with zero attached hydrogens (tertiary/aromatic N) is 3. The smallest absolute Gasteiger partial charge is 0.321 e. The number of fused-ring (bicyclic) bond motifs is 4. The summed E-state index contributed by atoms with van der Waals surface area (Å²) in [6.45, 7) is 5.99. The molecule has 3 aromatic rings. The van der Waals surface area contributed by atoms with Crippen LogP contribution in [-0.4, -0.2) is 59.8 Å². The summed E-state index contributed by atoms with van der Waals surface area (Å²) in [5, 5.41) is 3.62. The van der Waals surface area contributed by atoms with Crippen molar-refractivity contribution in [3.63, 3.8) is 0 Å². The highest BCUT2D eigenvalue weighted by Crippen LogP contribution is 2.36. The number of rotatable bonds is 4. The van der Waals surface area contributed by atoms with Crippen LogP contribution in [0, 0.1) is 5.92 Å². The molecule has 37 heavy (non-hydrogen) atoms. The SMILES string of the molecule is O=C(Nc1ccc(Cl)cc1)N1CC2CC(C1)c1ccc(-c3ccccc3CN3CCOCC3)c(=O)n1C2. The second kappa shape index (κ2) is 10.3. The third-order valence-corrected chi connectivity index (χ3v) is 8.04. The monoisotopic (exact) mass is 518 g/mol. The first-order valence-electron chi connectivity index (χ1n) is 13.0. The zero-order valence-corrected chi connectivity index (χ0v) is 21.5. The Balaban J connectivity index is 1.23. The molecule has 4 heterocycles. The van der Waals surface area contributed by atoms with Gasteiger partial charge >= 0.3 is 6.03 Å². The van der Waals surface area contributed by atoms with Gasteiger partial charge in [-0.3, -0.25) is 9.69 Å². The van der Waals surface area contributed by atoms with Crippen LogP contribution in [0.2, 0.25) is 5.02 Å². The Hall–Kier alpha value is -3.13. The fraction of sp³-hybridized carbons (Fsp3) is 0.379. The molecular weight excluding hydrogens is 488 g/mol. The minimum atomic E-state index is -0.110. The van der Waals surface area contributed by atoms with Crippen molar-refractivity contribution in [2.75, 3.05) is 44.7 Å². The van der Waals surface area contributed by atoms with Gasteiger partial charge in [-0.05, 0) is 59.9 Å². The highest BCUT2D eigenvalue weighted by molar-refractivity contribution is 6.30. The van der Waals surface area contributed by atoms with E-state index in [1.165, 1.54) is 5.56 Å². The van der Waals surface area contributed by atoms with Crippen LogP contribution in [0.4, 0.5) is 10.5 Å². The van der Waals surface area contributed by atoms with Crippen molar-refractivity contribution in [2.45, 2.75) is 25.4 Å². The van der Waals surface area contributed by atoms with E-state index in [1.54, 1.807) is 24.3 Å². The van der Waals surface area contributed by atoms with Crippen molar-refractivity contribution in [1.82, 2.24) is 14.4 Å². The Morgan fingerprint density at radius 2 is 1.73 bits per heavy atom. The second-order valence-electron chi connectivity index (χ2n) is 10.3. The molecule has 6 rings (SSSR count). The molecule has 2 bridgehead atoms. The lowest BCUT2D eigenvalue weighted by Crippen LogP contribution is -2.50. The Morgan fingerprint density at radius 1 is 0.946 bits per heavy atom.